The molecule has 2 saturated heterocycles. The van der Waals surface area contributed by atoms with Gasteiger partial charge in [0.1, 0.15) is 5.75 Å². The first-order valence-corrected chi connectivity index (χ1v) is 13.3. The Balaban J connectivity index is 1.40. The third-order valence-electron chi connectivity index (χ3n) is 5.50. The number of nitrogens with zero attached hydrogens (tertiary/aromatic N) is 4. The van der Waals surface area contributed by atoms with Crippen LogP contribution in [0.5, 0.6) is 11.6 Å². The van der Waals surface area contributed by atoms with E-state index < -0.39 is 21.2 Å². The van der Waals surface area contributed by atoms with Gasteiger partial charge in [-0.3, -0.25) is 14.9 Å². The van der Waals surface area contributed by atoms with Gasteiger partial charge in [0.25, 0.3) is 11.1 Å². The lowest BCUT2D eigenvalue weighted by Gasteiger charge is -2.34. The van der Waals surface area contributed by atoms with Gasteiger partial charge in [-0.25, -0.2) is 13.4 Å². The van der Waals surface area contributed by atoms with Crippen molar-refractivity contribution in [2.75, 3.05) is 31.1 Å². The molecular formula is C24H21N5O5S2. The van der Waals surface area contributed by atoms with Crippen molar-refractivity contribution in [2.24, 2.45) is 0 Å². The topological polar surface area (TPSA) is 122 Å². The molecule has 1 N–H and O–H groups in total. The summed E-state index contributed by atoms with van der Waals surface area (Å²) in [5.74, 6) is 0.673. The summed E-state index contributed by atoms with van der Waals surface area (Å²) in [5, 5.41) is 1.77. The molecule has 0 bridgehead atoms. The molecule has 0 atom stereocenters. The second-order valence-corrected chi connectivity index (χ2v) is 10.9. The molecule has 184 valence electrons. The Hall–Kier alpha value is -3.74. The highest BCUT2D eigenvalue weighted by Crippen LogP contribution is 2.28. The minimum Gasteiger partial charge on any atom is -0.439 e. The summed E-state index contributed by atoms with van der Waals surface area (Å²) in [4.78, 5) is 35.0. The number of carbonyl (C=O) groups excluding carboxylic acids is 2. The largest absolute Gasteiger partial charge is 0.439 e. The number of amides is 2. The van der Waals surface area contributed by atoms with Crippen LogP contribution >= 0.6 is 11.8 Å². The number of imide groups is 1. The number of hydrogen-bond acceptors (Lipinski definition) is 9. The lowest BCUT2D eigenvalue weighted by molar-refractivity contribution is -0.115. The Bertz CT molecular complexity index is 1420. The highest BCUT2D eigenvalue weighted by atomic mass is 32.2. The van der Waals surface area contributed by atoms with Crippen molar-refractivity contribution in [3.63, 3.8) is 0 Å². The van der Waals surface area contributed by atoms with Gasteiger partial charge in [-0.2, -0.15) is 9.29 Å². The van der Waals surface area contributed by atoms with Crippen molar-refractivity contribution >= 4 is 45.0 Å². The predicted octanol–water partition coefficient (Wildman–Crippen LogP) is 3.10. The van der Waals surface area contributed by atoms with Crippen molar-refractivity contribution in [3.8, 4) is 11.6 Å². The first-order chi connectivity index (χ1) is 17.4. The minimum absolute atomic E-state index is 0.217. The summed E-state index contributed by atoms with van der Waals surface area (Å²) < 4.78 is 33.3. The molecular weight excluding hydrogens is 502 g/mol. The summed E-state index contributed by atoms with van der Waals surface area (Å²) in [6, 6.07) is 19.0. The molecule has 0 spiro atoms. The van der Waals surface area contributed by atoms with E-state index in [1.165, 1.54) is 10.4 Å². The zero-order valence-electron chi connectivity index (χ0n) is 18.9. The Morgan fingerprint density at radius 1 is 0.917 bits per heavy atom. The van der Waals surface area contributed by atoms with Gasteiger partial charge in [0.05, 0.1) is 15.5 Å². The van der Waals surface area contributed by atoms with Gasteiger partial charge in [0, 0.05) is 32.2 Å². The van der Waals surface area contributed by atoms with Crippen LogP contribution in [0.1, 0.15) is 5.69 Å². The standard InChI is InChI=1S/C24H21N5O5S2/c30-22-20(35-24(31)27-22)15-17-16-21(34-18-7-3-1-4-8-18)26-23(25-17)28-11-13-29(14-12-28)36(32,33)19-9-5-2-6-10-19/h1-10,15-16H,11-14H2,(H,27,30,31)/b20-15+. The van der Waals surface area contributed by atoms with Crippen molar-refractivity contribution < 1.29 is 22.7 Å². The maximum Gasteiger partial charge on any atom is 0.290 e. The predicted molar refractivity (Wildman–Crippen MR) is 135 cm³/mol. The molecule has 10 nitrogen and oxygen atoms in total. The van der Waals surface area contributed by atoms with E-state index in [4.69, 9.17) is 4.74 Å². The third kappa shape index (κ3) is 5.25. The highest BCUT2D eigenvalue weighted by Gasteiger charge is 2.30. The minimum atomic E-state index is -3.60. The molecule has 2 amide bonds. The fraction of sp³-hybridized carbons (Fsp3) is 0.167. The van der Waals surface area contributed by atoms with Crippen molar-refractivity contribution in [1.29, 1.82) is 0 Å². The normalized spacial score (nSPS) is 17.9. The van der Waals surface area contributed by atoms with E-state index >= 15 is 0 Å². The number of rotatable bonds is 6. The first kappa shape index (κ1) is 24.0. The number of sulfonamides is 1. The van der Waals surface area contributed by atoms with Crippen LogP contribution in [0.2, 0.25) is 0 Å². The lowest BCUT2D eigenvalue weighted by Crippen LogP contribution is -2.49. The van der Waals surface area contributed by atoms with E-state index in [1.54, 1.807) is 48.5 Å². The molecule has 1 aromatic heterocycles. The van der Waals surface area contributed by atoms with Crippen LogP contribution in [0.4, 0.5) is 10.7 Å². The molecule has 12 heteroatoms. The van der Waals surface area contributed by atoms with Gasteiger partial charge < -0.3 is 9.64 Å². The van der Waals surface area contributed by atoms with Crippen LogP contribution in [-0.4, -0.2) is 60.0 Å². The van der Waals surface area contributed by atoms with Gasteiger partial charge in [-0.1, -0.05) is 36.4 Å². The van der Waals surface area contributed by atoms with Crippen molar-refractivity contribution in [1.82, 2.24) is 19.6 Å². The molecule has 2 aliphatic rings. The van der Waals surface area contributed by atoms with Gasteiger partial charge in [0.15, 0.2) is 0 Å². The Labute approximate surface area is 212 Å². The Morgan fingerprint density at radius 3 is 2.22 bits per heavy atom. The zero-order chi connectivity index (χ0) is 25.1. The molecule has 3 heterocycles. The molecule has 0 saturated carbocycles. The molecule has 2 aliphatic heterocycles. The average molecular weight is 524 g/mol. The summed E-state index contributed by atoms with van der Waals surface area (Å²) in [6.45, 7) is 1.25. The SMILES string of the molecule is O=C1NC(=O)/C(=C\c2cc(Oc3ccccc3)nc(N3CCN(S(=O)(=O)c4ccccc4)CC3)n2)S1. The van der Waals surface area contributed by atoms with Crippen LogP contribution in [0.25, 0.3) is 6.08 Å². The lowest BCUT2D eigenvalue weighted by atomic mass is 10.3. The van der Waals surface area contributed by atoms with E-state index in [-0.39, 0.29) is 28.8 Å². The van der Waals surface area contributed by atoms with Crippen molar-refractivity contribution in [2.45, 2.75) is 4.90 Å². The molecule has 36 heavy (non-hydrogen) atoms. The van der Waals surface area contributed by atoms with Crippen LogP contribution in [0.15, 0.2) is 76.5 Å². The fourth-order valence-corrected chi connectivity index (χ4v) is 5.84. The molecule has 0 aliphatic carbocycles. The number of aromatic nitrogens is 2. The quantitative estimate of drug-likeness (QED) is 0.486. The van der Waals surface area contributed by atoms with E-state index in [1.807, 2.05) is 23.1 Å². The smallest absolute Gasteiger partial charge is 0.290 e. The van der Waals surface area contributed by atoms with Crippen LogP contribution < -0.4 is 15.0 Å². The number of anilines is 1. The van der Waals surface area contributed by atoms with Gasteiger partial charge in [-0.15, -0.1) is 0 Å². The van der Waals surface area contributed by atoms with Gasteiger partial charge >= 0.3 is 0 Å². The Kier molecular flexibility index (Phi) is 6.72. The number of hydrogen-bond donors (Lipinski definition) is 1. The summed E-state index contributed by atoms with van der Waals surface area (Å²) in [6.07, 6.45) is 1.50. The number of thioether (sulfide) groups is 1. The molecule has 5 rings (SSSR count). The number of nitrogens with one attached hydrogen (secondary N) is 1. The van der Waals surface area contributed by atoms with Crippen LogP contribution in [0, 0.1) is 0 Å². The number of benzene rings is 2. The summed E-state index contributed by atoms with van der Waals surface area (Å²) in [5.41, 5.74) is 0.387. The second kappa shape index (κ2) is 10.1. The molecule has 0 radical (unpaired) electrons. The second-order valence-electron chi connectivity index (χ2n) is 7.90. The van der Waals surface area contributed by atoms with Crippen molar-refractivity contribution in [3.05, 3.63) is 77.3 Å². The monoisotopic (exact) mass is 523 g/mol. The Morgan fingerprint density at radius 2 is 1.58 bits per heavy atom. The number of ether oxygens (including phenoxy) is 1. The first-order valence-electron chi connectivity index (χ1n) is 11.1. The maximum atomic E-state index is 13.0. The molecule has 2 fully saturated rings. The van der Waals surface area contributed by atoms with E-state index in [0.717, 1.165) is 11.8 Å². The fourth-order valence-electron chi connectivity index (χ4n) is 3.73. The highest BCUT2D eigenvalue weighted by molar-refractivity contribution is 8.18. The average Bonchev–Trinajstić information content (AvgIpc) is 3.21. The van der Waals surface area contributed by atoms with Crippen LogP contribution in [-0.2, 0) is 14.8 Å². The maximum absolute atomic E-state index is 13.0. The van der Waals surface area contributed by atoms with E-state index in [0.29, 0.717) is 30.5 Å². The summed E-state index contributed by atoms with van der Waals surface area (Å²) >= 11 is 0.794. The number of piperazine rings is 1. The van der Waals surface area contributed by atoms with E-state index in [9.17, 15) is 18.0 Å². The summed E-state index contributed by atoms with van der Waals surface area (Å²) in [7, 11) is -3.60. The van der Waals surface area contributed by atoms with Crippen LogP contribution in [0.3, 0.4) is 0 Å². The molecule has 3 aromatic rings. The van der Waals surface area contributed by atoms with E-state index in [2.05, 4.69) is 15.3 Å². The number of carbonyl (C=O) groups is 2. The zero-order valence-corrected chi connectivity index (χ0v) is 20.5. The third-order valence-corrected chi connectivity index (χ3v) is 8.22. The molecule has 0 unspecified atom stereocenters. The van der Waals surface area contributed by atoms with Gasteiger partial charge in [-0.05, 0) is 42.1 Å². The number of para-hydroxylation sites is 1. The molecule has 2 aromatic carbocycles. The van der Waals surface area contributed by atoms with Gasteiger partial charge in [0.2, 0.25) is 21.9 Å².